The Labute approximate surface area is 195 Å². The Bertz CT molecular complexity index is 1450. The molecule has 0 spiro atoms. The molecule has 0 unspecified atom stereocenters. The average Bonchev–Trinajstić information content (AvgIpc) is 3.10. The summed E-state index contributed by atoms with van der Waals surface area (Å²) in [6, 6.07) is 16.1. The maximum atomic E-state index is 12.8. The van der Waals surface area contributed by atoms with Gasteiger partial charge in [-0.3, -0.25) is 19.6 Å². The minimum absolute atomic E-state index is 0.00388. The Morgan fingerprint density at radius 1 is 1.18 bits per heavy atom. The van der Waals surface area contributed by atoms with Gasteiger partial charge >= 0.3 is 5.69 Å². The van der Waals surface area contributed by atoms with Crippen LogP contribution in [0.25, 0.3) is 16.8 Å². The lowest BCUT2D eigenvalue weighted by Gasteiger charge is -2.11. The van der Waals surface area contributed by atoms with Crippen molar-refractivity contribution in [2.75, 3.05) is 7.11 Å². The zero-order valence-corrected chi connectivity index (χ0v) is 19.0. The van der Waals surface area contributed by atoms with Gasteiger partial charge in [-0.1, -0.05) is 42.5 Å². The number of aromatic hydroxyl groups is 1. The average molecular weight is 457 g/mol. The highest BCUT2D eigenvalue weighted by Crippen LogP contribution is 2.30. The van der Waals surface area contributed by atoms with Gasteiger partial charge in [-0.15, -0.1) is 0 Å². The first-order valence-electron chi connectivity index (χ1n) is 10.6. The molecule has 172 valence electrons. The van der Waals surface area contributed by atoms with Gasteiger partial charge in [0, 0.05) is 10.9 Å². The summed E-state index contributed by atoms with van der Waals surface area (Å²) in [4.78, 5) is 23.7. The second-order valence-electron chi connectivity index (χ2n) is 7.89. The van der Waals surface area contributed by atoms with Crippen LogP contribution in [0.3, 0.4) is 0 Å². The fraction of sp³-hybridized carbons (Fsp3) is 0.154. The fourth-order valence-electron chi connectivity index (χ4n) is 4.01. The zero-order valence-electron chi connectivity index (χ0n) is 19.0. The van der Waals surface area contributed by atoms with E-state index in [-0.39, 0.29) is 29.3 Å². The molecule has 8 heteroatoms. The summed E-state index contributed by atoms with van der Waals surface area (Å²) in [6.45, 7) is 3.53. The molecule has 0 atom stereocenters. The van der Waals surface area contributed by atoms with Crippen LogP contribution in [-0.2, 0) is 6.54 Å². The number of ketones is 1. The third-order valence-corrected chi connectivity index (χ3v) is 5.74. The third-order valence-electron chi connectivity index (χ3n) is 5.74. The Kier molecular flexibility index (Phi) is 6.14. The molecule has 0 aliphatic carbocycles. The first-order valence-corrected chi connectivity index (χ1v) is 10.6. The molecule has 34 heavy (non-hydrogen) atoms. The number of ether oxygens (including phenoxy) is 1. The van der Waals surface area contributed by atoms with Gasteiger partial charge in [-0.05, 0) is 49.1 Å². The molecular formula is C26H23N3O5. The molecule has 0 aliphatic rings. The van der Waals surface area contributed by atoms with E-state index < -0.39 is 4.92 Å². The minimum atomic E-state index is -0.432. The number of fused-ring (bicyclic) bond motifs is 1. The number of aromatic nitrogens is 2. The topological polar surface area (TPSA) is 107 Å². The fourth-order valence-corrected chi connectivity index (χ4v) is 4.01. The molecule has 0 fully saturated rings. The van der Waals surface area contributed by atoms with Crippen LogP contribution in [0.2, 0.25) is 0 Å². The predicted octanol–water partition coefficient (Wildman–Crippen LogP) is 5.22. The van der Waals surface area contributed by atoms with Crippen LogP contribution in [0.4, 0.5) is 5.69 Å². The highest BCUT2D eigenvalue weighted by molar-refractivity contribution is 6.11. The molecule has 3 aromatic carbocycles. The Morgan fingerprint density at radius 2 is 1.94 bits per heavy atom. The standard InChI is InChI=1S/C26H23N3O5/c1-16-25(29(32)33)17(2)28(27-16)15-20-14-18(9-13-24(20)34-3)8-12-23(30)22-11-10-19-6-4-5-7-21(19)26(22)31/h4-14,31H,15H2,1-3H3/b12-8+. The van der Waals surface area contributed by atoms with E-state index >= 15 is 0 Å². The van der Waals surface area contributed by atoms with Gasteiger partial charge in [0.05, 0.1) is 24.1 Å². The van der Waals surface area contributed by atoms with E-state index in [4.69, 9.17) is 4.74 Å². The van der Waals surface area contributed by atoms with Gasteiger partial charge in [0.15, 0.2) is 5.78 Å². The van der Waals surface area contributed by atoms with E-state index in [2.05, 4.69) is 5.10 Å². The van der Waals surface area contributed by atoms with Gasteiger partial charge < -0.3 is 9.84 Å². The summed E-state index contributed by atoms with van der Waals surface area (Å²) in [5.41, 5.74) is 2.51. The molecule has 0 saturated heterocycles. The van der Waals surface area contributed by atoms with Gasteiger partial charge in [0.25, 0.3) is 0 Å². The highest BCUT2D eigenvalue weighted by Gasteiger charge is 2.22. The van der Waals surface area contributed by atoms with Crippen LogP contribution < -0.4 is 4.74 Å². The summed E-state index contributed by atoms with van der Waals surface area (Å²) in [5.74, 6) is 0.231. The van der Waals surface area contributed by atoms with Crippen molar-refractivity contribution in [2.45, 2.75) is 20.4 Å². The number of aryl methyl sites for hydroxylation is 1. The number of phenols is 1. The van der Waals surface area contributed by atoms with Crippen molar-refractivity contribution in [3.63, 3.8) is 0 Å². The Hall–Kier alpha value is -4.46. The van der Waals surface area contributed by atoms with Crippen LogP contribution in [0.5, 0.6) is 11.5 Å². The number of nitrogens with zero attached hydrogens (tertiary/aromatic N) is 3. The number of phenolic OH excluding ortho intramolecular Hbond substituents is 1. The number of carbonyl (C=O) groups is 1. The van der Waals surface area contributed by atoms with E-state index in [0.29, 0.717) is 22.5 Å². The minimum Gasteiger partial charge on any atom is -0.507 e. The number of hydrogen-bond acceptors (Lipinski definition) is 6. The summed E-state index contributed by atoms with van der Waals surface area (Å²) in [5, 5.41) is 27.6. The number of benzene rings is 3. The molecule has 4 aromatic rings. The molecule has 1 aromatic heterocycles. The monoisotopic (exact) mass is 457 g/mol. The molecule has 0 amide bonds. The molecule has 1 N–H and O–H groups in total. The summed E-state index contributed by atoms with van der Waals surface area (Å²) < 4.78 is 7.02. The van der Waals surface area contributed by atoms with Crippen LogP contribution in [0, 0.1) is 24.0 Å². The molecule has 0 radical (unpaired) electrons. The van der Waals surface area contributed by atoms with Crippen molar-refractivity contribution in [3.8, 4) is 11.5 Å². The predicted molar refractivity (Wildman–Crippen MR) is 129 cm³/mol. The maximum absolute atomic E-state index is 12.8. The van der Waals surface area contributed by atoms with Gasteiger partial charge in [-0.2, -0.15) is 5.10 Å². The van der Waals surface area contributed by atoms with E-state index in [1.807, 2.05) is 24.3 Å². The molecule has 4 rings (SSSR count). The normalized spacial score (nSPS) is 11.3. The number of methoxy groups -OCH3 is 1. The second kappa shape index (κ2) is 9.19. The largest absolute Gasteiger partial charge is 0.507 e. The molecule has 0 aliphatic heterocycles. The van der Waals surface area contributed by atoms with Crippen LogP contribution in [0.15, 0.2) is 60.7 Å². The van der Waals surface area contributed by atoms with Crippen molar-refractivity contribution in [1.29, 1.82) is 0 Å². The van der Waals surface area contributed by atoms with Gasteiger partial charge in [0.1, 0.15) is 22.9 Å². The number of hydrogen-bond donors (Lipinski definition) is 1. The lowest BCUT2D eigenvalue weighted by atomic mass is 10.0. The summed E-state index contributed by atoms with van der Waals surface area (Å²) >= 11 is 0. The van der Waals surface area contributed by atoms with E-state index in [1.165, 1.54) is 6.08 Å². The van der Waals surface area contributed by atoms with Gasteiger partial charge in [-0.25, -0.2) is 0 Å². The Morgan fingerprint density at radius 3 is 2.65 bits per heavy atom. The zero-order chi connectivity index (χ0) is 24.4. The lowest BCUT2D eigenvalue weighted by Crippen LogP contribution is -2.06. The number of nitro groups is 1. The van der Waals surface area contributed by atoms with Crippen LogP contribution in [0.1, 0.15) is 32.9 Å². The first-order chi connectivity index (χ1) is 16.3. The number of allylic oxidation sites excluding steroid dienone is 1. The summed E-state index contributed by atoms with van der Waals surface area (Å²) in [7, 11) is 1.55. The maximum Gasteiger partial charge on any atom is 0.312 e. The number of carbonyl (C=O) groups excluding carboxylic acids is 1. The van der Waals surface area contributed by atoms with Crippen molar-refractivity contribution in [1.82, 2.24) is 9.78 Å². The first kappa shape index (κ1) is 22.7. The Balaban J connectivity index is 1.62. The second-order valence-corrected chi connectivity index (χ2v) is 7.89. The van der Waals surface area contributed by atoms with Crippen molar-refractivity contribution in [3.05, 3.63) is 98.9 Å². The van der Waals surface area contributed by atoms with E-state index in [1.54, 1.807) is 62.0 Å². The molecule has 1 heterocycles. The SMILES string of the molecule is COc1ccc(/C=C/C(=O)c2ccc3ccccc3c2O)cc1Cn1nc(C)c([N+](=O)[O-])c1C. The van der Waals surface area contributed by atoms with Crippen LogP contribution in [-0.4, -0.2) is 32.7 Å². The number of rotatable bonds is 7. The highest BCUT2D eigenvalue weighted by atomic mass is 16.6. The smallest absolute Gasteiger partial charge is 0.312 e. The van der Waals surface area contributed by atoms with E-state index in [0.717, 1.165) is 16.5 Å². The quantitative estimate of drug-likeness (QED) is 0.176. The van der Waals surface area contributed by atoms with E-state index in [9.17, 15) is 20.0 Å². The third kappa shape index (κ3) is 4.25. The van der Waals surface area contributed by atoms with Crippen molar-refractivity contribution >= 4 is 28.3 Å². The molecule has 0 bridgehead atoms. The lowest BCUT2D eigenvalue weighted by molar-refractivity contribution is -0.386. The van der Waals surface area contributed by atoms with Crippen molar-refractivity contribution in [2.24, 2.45) is 0 Å². The molecule has 0 saturated carbocycles. The van der Waals surface area contributed by atoms with Gasteiger partial charge in [0.2, 0.25) is 0 Å². The summed E-state index contributed by atoms with van der Waals surface area (Å²) in [6.07, 6.45) is 3.06. The molecule has 8 nitrogen and oxygen atoms in total. The van der Waals surface area contributed by atoms with Crippen molar-refractivity contribution < 1.29 is 19.6 Å². The van der Waals surface area contributed by atoms with Crippen LogP contribution >= 0.6 is 0 Å². The molecular weight excluding hydrogens is 434 g/mol.